The zero-order chi connectivity index (χ0) is 28.8. The molecule has 11 heteroatoms. The lowest BCUT2D eigenvalue weighted by Gasteiger charge is -2.31. The average molecular weight is 589 g/mol. The molecule has 1 fully saturated rings. The highest BCUT2D eigenvalue weighted by Crippen LogP contribution is 2.42. The van der Waals surface area contributed by atoms with E-state index in [4.69, 9.17) is 16.6 Å². The lowest BCUT2D eigenvalue weighted by molar-refractivity contribution is -0.132. The molecular weight excluding hydrogens is 560 g/mol. The first-order valence-corrected chi connectivity index (χ1v) is 14.6. The van der Waals surface area contributed by atoms with Crippen molar-refractivity contribution in [3.05, 3.63) is 91.3 Å². The van der Waals surface area contributed by atoms with Gasteiger partial charge in [-0.1, -0.05) is 53.6 Å². The predicted molar refractivity (Wildman–Crippen MR) is 162 cm³/mol. The van der Waals surface area contributed by atoms with E-state index in [0.29, 0.717) is 18.1 Å². The fourth-order valence-electron chi connectivity index (χ4n) is 5.35. The number of nitrogens with zero attached hydrogens (tertiary/aromatic N) is 6. The van der Waals surface area contributed by atoms with Crippen LogP contribution in [-0.2, 0) is 25.4 Å². The minimum atomic E-state index is -0.461. The van der Waals surface area contributed by atoms with E-state index in [1.807, 2.05) is 29.2 Å². The zero-order valence-corrected chi connectivity index (χ0v) is 24.6. The van der Waals surface area contributed by atoms with E-state index < -0.39 is 11.2 Å². The van der Waals surface area contributed by atoms with Crippen LogP contribution < -0.4 is 11.2 Å². The van der Waals surface area contributed by atoms with Gasteiger partial charge in [0.2, 0.25) is 5.91 Å². The van der Waals surface area contributed by atoms with Crippen molar-refractivity contribution < 1.29 is 4.79 Å². The lowest BCUT2D eigenvalue weighted by Crippen LogP contribution is -2.40. The summed E-state index contributed by atoms with van der Waals surface area (Å²) in [6, 6.07) is 16.3. The van der Waals surface area contributed by atoms with Gasteiger partial charge >= 0.3 is 5.69 Å². The van der Waals surface area contributed by atoms with Crippen LogP contribution >= 0.6 is 22.9 Å². The molecule has 1 aliphatic rings. The molecule has 3 aromatic heterocycles. The van der Waals surface area contributed by atoms with Gasteiger partial charge in [-0.05, 0) is 37.5 Å². The number of carbonyl (C=O) groups excluding carboxylic acids is 1. The van der Waals surface area contributed by atoms with E-state index in [2.05, 4.69) is 36.2 Å². The number of thiazole rings is 1. The molecule has 1 aliphatic heterocycles. The van der Waals surface area contributed by atoms with Gasteiger partial charge < -0.3 is 9.47 Å². The number of amides is 1. The summed E-state index contributed by atoms with van der Waals surface area (Å²) in [7, 11) is 2.99. The normalized spacial score (nSPS) is 14.2. The van der Waals surface area contributed by atoms with Gasteiger partial charge in [0.25, 0.3) is 5.56 Å². The van der Waals surface area contributed by atoms with E-state index in [1.165, 1.54) is 23.5 Å². The molecule has 0 unspecified atom stereocenters. The van der Waals surface area contributed by atoms with E-state index in [9.17, 15) is 14.4 Å². The summed E-state index contributed by atoms with van der Waals surface area (Å²) in [5.74, 6) is 0.158. The Morgan fingerprint density at radius 1 is 0.976 bits per heavy atom. The molecule has 0 saturated carbocycles. The standard InChI is InChI=1S/C30H29ClN6O3S/c1-18-4-6-20(7-5-18)26-24(19-8-10-22(31)11-9-19)33-28(41-26)21-12-14-36(15-13-21)23(38)16-37-17-32-27-25(37)29(39)35(3)30(40)34(27)2/h4-11,17,21H,12-16H2,1-3H3. The fourth-order valence-corrected chi connectivity index (χ4v) is 6.74. The molecule has 0 spiro atoms. The summed E-state index contributed by atoms with van der Waals surface area (Å²) in [6.45, 7) is 3.27. The molecule has 0 aliphatic carbocycles. The molecule has 0 bridgehead atoms. The quantitative estimate of drug-likeness (QED) is 0.299. The maximum absolute atomic E-state index is 13.3. The Hall–Kier alpha value is -4.02. The molecule has 0 N–H and O–H groups in total. The topological polar surface area (TPSA) is 95.0 Å². The van der Waals surface area contributed by atoms with Crippen molar-refractivity contribution in [1.29, 1.82) is 0 Å². The molecule has 4 heterocycles. The maximum atomic E-state index is 13.3. The van der Waals surface area contributed by atoms with Crippen LogP contribution in [0.4, 0.5) is 0 Å². The number of benzene rings is 2. The number of piperidine rings is 1. The van der Waals surface area contributed by atoms with Gasteiger partial charge in [0.1, 0.15) is 6.54 Å². The molecular formula is C30H29ClN6O3S. The Morgan fingerprint density at radius 2 is 1.63 bits per heavy atom. The molecule has 210 valence electrons. The Balaban J connectivity index is 1.21. The number of fused-ring (bicyclic) bond motifs is 1. The predicted octanol–water partition coefficient (Wildman–Crippen LogP) is 4.59. The molecule has 1 saturated heterocycles. The van der Waals surface area contributed by atoms with Crippen molar-refractivity contribution >= 4 is 40.0 Å². The lowest BCUT2D eigenvalue weighted by atomic mass is 9.97. The van der Waals surface area contributed by atoms with Crippen molar-refractivity contribution in [2.45, 2.75) is 32.2 Å². The van der Waals surface area contributed by atoms with Gasteiger partial charge in [0.15, 0.2) is 11.2 Å². The van der Waals surface area contributed by atoms with Gasteiger partial charge in [-0.3, -0.25) is 18.7 Å². The first-order valence-electron chi connectivity index (χ1n) is 13.4. The molecule has 41 heavy (non-hydrogen) atoms. The highest BCUT2D eigenvalue weighted by atomic mass is 35.5. The van der Waals surface area contributed by atoms with Crippen LogP contribution in [0.3, 0.4) is 0 Å². The van der Waals surface area contributed by atoms with Crippen molar-refractivity contribution in [2.24, 2.45) is 14.1 Å². The Kier molecular flexibility index (Phi) is 7.13. The first-order chi connectivity index (χ1) is 19.7. The Bertz CT molecular complexity index is 1810. The number of aromatic nitrogens is 5. The summed E-state index contributed by atoms with van der Waals surface area (Å²) >= 11 is 7.87. The Labute approximate surface area is 245 Å². The second kappa shape index (κ2) is 10.8. The van der Waals surface area contributed by atoms with Crippen LogP contribution in [0.2, 0.25) is 5.02 Å². The summed E-state index contributed by atoms with van der Waals surface area (Å²) in [5.41, 5.74) is 3.92. The molecule has 1 amide bonds. The van der Waals surface area contributed by atoms with Gasteiger partial charge in [-0.25, -0.2) is 14.8 Å². The molecule has 0 atom stereocenters. The van der Waals surface area contributed by atoms with Crippen LogP contribution in [0, 0.1) is 6.92 Å². The number of hydrogen-bond acceptors (Lipinski definition) is 6. The SMILES string of the molecule is Cc1ccc(-c2sc(C3CCN(C(=O)Cn4cnc5c4c(=O)n(C)c(=O)n5C)CC3)nc2-c2ccc(Cl)cc2)cc1. The number of hydrogen-bond donors (Lipinski definition) is 0. The summed E-state index contributed by atoms with van der Waals surface area (Å²) in [4.78, 5) is 50.6. The zero-order valence-electron chi connectivity index (χ0n) is 23.0. The van der Waals surface area contributed by atoms with Gasteiger partial charge in [0.05, 0.1) is 21.9 Å². The smallest absolute Gasteiger partial charge is 0.332 e. The van der Waals surface area contributed by atoms with Gasteiger partial charge in [-0.2, -0.15) is 0 Å². The van der Waals surface area contributed by atoms with Crippen molar-refractivity contribution in [1.82, 2.24) is 28.6 Å². The van der Waals surface area contributed by atoms with Crippen molar-refractivity contribution in [3.8, 4) is 21.7 Å². The van der Waals surface area contributed by atoms with Crippen LogP contribution in [-0.4, -0.2) is 47.6 Å². The highest BCUT2D eigenvalue weighted by Gasteiger charge is 2.28. The number of carbonyl (C=O) groups is 1. The number of halogens is 1. The minimum absolute atomic E-state index is 0.00977. The van der Waals surface area contributed by atoms with Crippen molar-refractivity contribution in [2.75, 3.05) is 13.1 Å². The third-order valence-electron chi connectivity index (χ3n) is 7.79. The molecule has 2 aromatic carbocycles. The molecule has 6 rings (SSSR count). The third-order valence-corrected chi connectivity index (χ3v) is 9.31. The minimum Gasteiger partial charge on any atom is -0.341 e. The summed E-state index contributed by atoms with van der Waals surface area (Å²) in [5, 5.41) is 1.76. The summed E-state index contributed by atoms with van der Waals surface area (Å²) in [6.07, 6.45) is 3.05. The van der Waals surface area contributed by atoms with Gasteiger partial charge in [-0.15, -0.1) is 11.3 Å². The van der Waals surface area contributed by atoms with Crippen molar-refractivity contribution in [3.63, 3.8) is 0 Å². The highest BCUT2D eigenvalue weighted by molar-refractivity contribution is 7.15. The van der Waals surface area contributed by atoms with E-state index >= 15 is 0 Å². The molecule has 0 radical (unpaired) electrons. The second-order valence-corrected chi connectivity index (χ2v) is 12.0. The van der Waals surface area contributed by atoms with E-state index in [0.717, 1.165) is 44.1 Å². The Morgan fingerprint density at radius 3 is 2.32 bits per heavy atom. The second-order valence-electron chi connectivity index (χ2n) is 10.5. The molecule has 9 nitrogen and oxygen atoms in total. The van der Waals surface area contributed by atoms with E-state index in [-0.39, 0.29) is 29.5 Å². The van der Waals surface area contributed by atoms with Gasteiger partial charge in [0, 0.05) is 43.7 Å². The number of aryl methyl sites for hydroxylation is 2. The van der Waals surface area contributed by atoms with Crippen LogP contribution in [0.25, 0.3) is 32.9 Å². The van der Waals surface area contributed by atoms with E-state index in [1.54, 1.807) is 23.0 Å². The first kappa shape index (κ1) is 27.2. The van der Waals surface area contributed by atoms with Crippen LogP contribution in [0.5, 0.6) is 0 Å². The third kappa shape index (κ3) is 5.02. The van der Waals surface area contributed by atoms with Crippen LogP contribution in [0.1, 0.15) is 29.3 Å². The number of rotatable bonds is 5. The summed E-state index contributed by atoms with van der Waals surface area (Å²) < 4.78 is 3.90. The molecule has 5 aromatic rings. The average Bonchev–Trinajstić information content (AvgIpc) is 3.61. The number of likely N-dealkylation sites (tertiary alicyclic amines) is 1. The maximum Gasteiger partial charge on any atom is 0.332 e. The van der Waals surface area contributed by atoms with Crippen LogP contribution in [0.15, 0.2) is 64.4 Å². The fraction of sp³-hybridized carbons (Fsp3) is 0.300. The monoisotopic (exact) mass is 588 g/mol. The largest absolute Gasteiger partial charge is 0.341 e. The number of imidazole rings is 1.